The third-order valence-corrected chi connectivity index (χ3v) is 4.73. The van der Waals surface area contributed by atoms with E-state index in [1.54, 1.807) is 6.08 Å². The minimum absolute atomic E-state index is 0.288. The van der Waals surface area contributed by atoms with Gasteiger partial charge in [-0.15, -0.1) is 0 Å². The zero-order valence-electron chi connectivity index (χ0n) is 12.8. The summed E-state index contributed by atoms with van der Waals surface area (Å²) in [5, 5.41) is 58.3. The fraction of sp³-hybridized carbons (Fsp3) is 0.733. The zero-order chi connectivity index (χ0) is 17.4. The molecule has 0 amide bonds. The van der Waals surface area contributed by atoms with Gasteiger partial charge in [-0.3, -0.25) is 0 Å². The van der Waals surface area contributed by atoms with E-state index < -0.39 is 55.6 Å². The molecular weight excluding hydrogens is 324 g/mol. The Morgan fingerprint density at radius 2 is 1.75 bits per heavy atom. The Kier molecular flexibility index (Phi) is 5.23. The fourth-order valence-corrected chi connectivity index (χ4v) is 3.38. The highest BCUT2D eigenvalue weighted by Gasteiger charge is 2.49. The first-order valence-corrected chi connectivity index (χ1v) is 7.75. The molecule has 0 radical (unpaired) electrons. The van der Waals surface area contributed by atoms with Gasteiger partial charge in [0.2, 0.25) is 6.29 Å². The van der Waals surface area contributed by atoms with Crippen molar-refractivity contribution >= 4 is 0 Å². The Hall–Kier alpha value is -1.04. The van der Waals surface area contributed by atoms with Crippen molar-refractivity contribution in [1.82, 2.24) is 0 Å². The van der Waals surface area contributed by atoms with Gasteiger partial charge in [0, 0.05) is 5.92 Å². The summed E-state index contributed by atoms with van der Waals surface area (Å²) in [5.74, 6) is -0.835. The number of fused-ring (bicyclic) bond motifs is 1. The van der Waals surface area contributed by atoms with Crippen LogP contribution in [0, 0.1) is 11.8 Å². The van der Waals surface area contributed by atoms with Crippen LogP contribution < -0.4 is 0 Å². The third kappa shape index (κ3) is 2.98. The van der Waals surface area contributed by atoms with E-state index in [0.29, 0.717) is 5.57 Å². The molecule has 0 saturated carbocycles. The van der Waals surface area contributed by atoms with Crippen molar-refractivity contribution < 1.29 is 44.8 Å². The van der Waals surface area contributed by atoms with Gasteiger partial charge < -0.3 is 44.8 Å². The summed E-state index contributed by atoms with van der Waals surface area (Å²) < 4.78 is 16.3. The molecule has 2 heterocycles. The third-order valence-electron chi connectivity index (χ3n) is 4.73. The largest absolute Gasteiger partial charge is 0.472 e. The van der Waals surface area contributed by atoms with Gasteiger partial charge in [0.15, 0.2) is 6.29 Å². The summed E-state index contributed by atoms with van der Waals surface area (Å²) in [4.78, 5) is 0. The SMILES string of the molecule is OCC1=C[C@@H](O)[C@@H]2C=CO[C@@H](O[C@H]3O[C@@H](CO)[C@@H](O)[C@@H](O)[C@H]3O)[C@H]12. The molecule has 9 atom stereocenters. The Morgan fingerprint density at radius 3 is 2.42 bits per heavy atom. The average Bonchev–Trinajstić information content (AvgIpc) is 2.92. The molecule has 1 aliphatic carbocycles. The van der Waals surface area contributed by atoms with Crippen LogP contribution >= 0.6 is 0 Å². The lowest BCUT2D eigenvalue weighted by atomic mass is 9.88. The van der Waals surface area contributed by atoms with Gasteiger partial charge in [-0.1, -0.05) is 6.08 Å². The summed E-state index contributed by atoms with van der Waals surface area (Å²) in [6, 6.07) is 0. The lowest BCUT2D eigenvalue weighted by Gasteiger charge is -2.42. The van der Waals surface area contributed by atoms with E-state index in [1.165, 1.54) is 12.3 Å². The van der Waals surface area contributed by atoms with Crippen LogP contribution in [0.25, 0.3) is 0 Å². The smallest absolute Gasteiger partial charge is 0.209 e. The molecule has 1 fully saturated rings. The van der Waals surface area contributed by atoms with Crippen molar-refractivity contribution in [2.24, 2.45) is 11.8 Å². The van der Waals surface area contributed by atoms with Crippen molar-refractivity contribution in [3.63, 3.8) is 0 Å². The number of aliphatic hydroxyl groups excluding tert-OH is 6. The minimum atomic E-state index is -1.56. The molecule has 3 rings (SSSR count). The average molecular weight is 346 g/mol. The van der Waals surface area contributed by atoms with Crippen LogP contribution in [-0.2, 0) is 14.2 Å². The van der Waals surface area contributed by atoms with Crippen LogP contribution in [0.5, 0.6) is 0 Å². The van der Waals surface area contributed by atoms with Gasteiger partial charge >= 0.3 is 0 Å². The van der Waals surface area contributed by atoms with Crippen LogP contribution in [0.15, 0.2) is 24.0 Å². The van der Waals surface area contributed by atoms with Crippen LogP contribution in [0.1, 0.15) is 0 Å². The lowest BCUT2D eigenvalue weighted by Crippen LogP contribution is -2.60. The molecule has 0 unspecified atom stereocenters. The molecule has 0 aromatic carbocycles. The van der Waals surface area contributed by atoms with Gasteiger partial charge in [0.1, 0.15) is 24.4 Å². The van der Waals surface area contributed by atoms with E-state index >= 15 is 0 Å². The summed E-state index contributed by atoms with van der Waals surface area (Å²) >= 11 is 0. The first kappa shape index (κ1) is 17.8. The molecule has 1 saturated heterocycles. The zero-order valence-corrected chi connectivity index (χ0v) is 12.8. The first-order chi connectivity index (χ1) is 11.5. The monoisotopic (exact) mass is 346 g/mol. The van der Waals surface area contributed by atoms with Crippen molar-refractivity contribution in [2.75, 3.05) is 13.2 Å². The van der Waals surface area contributed by atoms with E-state index in [1.807, 2.05) is 0 Å². The standard InChI is InChI=1S/C15H22O9/c16-4-6-3-8(18)7-1-2-22-14(10(6)7)24-15-13(21)12(20)11(19)9(5-17)23-15/h1-3,7-21H,4-5H2/t7-,8+,9-,10+,11+,12+,13+,14-,15+/m0/s1. The predicted octanol–water partition coefficient (Wildman–Crippen LogP) is -2.80. The number of ether oxygens (including phenoxy) is 3. The highest BCUT2D eigenvalue weighted by atomic mass is 16.8. The Balaban J connectivity index is 1.75. The maximum absolute atomic E-state index is 10.0. The molecule has 0 bridgehead atoms. The second-order valence-electron chi connectivity index (χ2n) is 6.16. The highest BCUT2D eigenvalue weighted by molar-refractivity contribution is 5.25. The van der Waals surface area contributed by atoms with E-state index in [4.69, 9.17) is 14.2 Å². The van der Waals surface area contributed by atoms with Crippen molar-refractivity contribution in [3.05, 3.63) is 24.0 Å². The van der Waals surface area contributed by atoms with Crippen LogP contribution in [0.2, 0.25) is 0 Å². The summed E-state index contributed by atoms with van der Waals surface area (Å²) in [5.41, 5.74) is 0.534. The number of rotatable bonds is 4. The molecule has 9 nitrogen and oxygen atoms in total. The Morgan fingerprint density at radius 1 is 1.00 bits per heavy atom. The van der Waals surface area contributed by atoms with Gasteiger partial charge in [-0.2, -0.15) is 0 Å². The van der Waals surface area contributed by atoms with Crippen LogP contribution in [0.4, 0.5) is 0 Å². The summed E-state index contributed by atoms with van der Waals surface area (Å²) in [7, 11) is 0. The van der Waals surface area contributed by atoms with Gasteiger partial charge in [-0.25, -0.2) is 0 Å². The van der Waals surface area contributed by atoms with E-state index in [9.17, 15) is 30.6 Å². The van der Waals surface area contributed by atoms with Crippen molar-refractivity contribution in [3.8, 4) is 0 Å². The first-order valence-electron chi connectivity index (χ1n) is 7.75. The van der Waals surface area contributed by atoms with E-state index in [2.05, 4.69) is 0 Å². The van der Waals surface area contributed by atoms with Gasteiger partial charge in [-0.05, 0) is 11.6 Å². The van der Waals surface area contributed by atoms with Gasteiger partial charge in [0.25, 0.3) is 0 Å². The molecule has 24 heavy (non-hydrogen) atoms. The van der Waals surface area contributed by atoms with Crippen LogP contribution in [-0.4, -0.2) is 87.0 Å². The Labute approximate surface area is 138 Å². The molecule has 3 aliphatic rings. The topological polar surface area (TPSA) is 149 Å². The predicted molar refractivity (Wildman–Crippen MR) is 77.0 cm³/mol. The normalized spacial score (nSPS) is 47.9. The van der Waals surface area contributed by atoms with Gasteiger partial charge in [0.05, 0.1) is 31.5 Å². The molecule has 9 heteroatoms. The molecule has 0 aromatic heterocycles. The number of hydrogen-bond acceptors (Lipinski definition) is 9. The number of aliphatic hydroxyl groups is 6. The van der Waals surface area contributed by atoms with Crippen molar-refractivity contribution in [2.45, 2.75) is 43.1 Å². The summed E-state index contributed by atoms with van der Waals surface area (Å²) in [6.07, 6.45) is -4.27. The maximum Gasteiger partial charge on any atom is 0.209 e. The summed E-state index contributed by atoms with van der Waals surface area (Å²) in [6.45, 7) is -0.854. The second-order valence-corrected chi connectivity index (χ2v) is 6.16. The molecule has 136 valence electrons. The highest BCUT2D eigenvalue weighted by Crippen LogP contribution is 2.40. The quantitative estimate of drug-likeness (QED) is 0.297. The second kappa shape index (κ2) is 7.06. The van der Waals surface area contributed by atoms with Crippen molar-refractivity contribution in [1.29, 1.82) is 0 Å². The van der Waals surface area contributed by atoms with E-state index in [-0.39, 0.29) is 12.5 Å². The van der Waals surface area contributed by atoms with E-state index in [0.717, 1.165) is 0 Å². The maximum atomic E-state index is 10.0. The lowest BCUT2D eigenvalue weighted by molar-refractivity contribution is -0.339. The molecule has 0 spiro atoms. The molecule has 2 aliphatic heterocycles. The molecule has 0 aromatic rings. The van der Waals surface area contributed by atoms with Crippen LogP contribution in [0.3, 0.4) is 0 Å². The minimum Gasteiger partial charge on any atom is -0.472 e. The molecular formula is C15H22O9. The molecule has 6 N–H and O–H groups in total. The Bertz CT molecular complexity index is 505. The number of hydrogen-bond donors (Lipinski definition) is 6. The fourth-order valence-electron chi connectivity index (χ4n) is 3.38.